The number of nitrogens with zero attached hydrogens (tertiary/aromatic N) is 1. The van der Waals surface area contributed by atoms with E-state index in [-0.39, 0.29) is 0 Å². The Labute approximate surface area is 86.2 Å². The fourth-order valence-electron chi connectivity index (χ4n) is 1.10. The van der Waals surface area contributed by atoms with Crippen LogP contribution < -0.4 is 0 Å². The summed E-state index contributed by atoms with van der Waals surface area (Å²) in [7, 11) is 0. The smallest absolute Gasteiger partial charge is 0.0389 e. The van der Waals surface area contributed by atoms with Crippen LogP contribution in [0.25, 0.3) is 6.08 Å². The fourth-order valence-corrected chi connectivity index (χ4v) is 1.10. The minimum absolute atomic E-state index is 0.940. The zero-order valence-electron chi connectivity index (χ0n) is 8.69. The van der Waals surface area contributed by atoms with Crippen LogP contribution in [0.3, 0.4) is 0 Å². The molecule has 0 aromatic heterocycles. The summed E-state index contributed by atoms with van der Waals surface area (Å²) in [6.07, 6.45) is 8.32. The molecule has 0 aliphatic heterocycles. The van der Waals surface area contributed by atoms with Crippen LogP contribution in [0.15, 0.2) is 41.4 Å². The van der Waals surface area contributed by atoms with Crippen molar-refractivity contribution in [1.82, 2.24) is 0 Å². The SMILES string of the molecule is CCCCN=CC=Cc1ccccc1. The third kappa shape index (κ3) is 4.61. The third-order valence-corrected chi connectivity index (χ3v) is 1.92. The van der Waals surface area contributed by atoms with Crippen LogP contribution in [0.1, 0.15) is 25.3 Å². The molecule has 1 aromatic carbocycles. The van der Waals surface area contributed by atoms with Gasteiger partial charge in [-0.2, -0.15) is 0 Å². The van der Waals surface area contributed by atoms with Gasteiger partial charge in [-0.1, -0.05) is 49.8 Å². The highest BCUT2D eigenvalue weighted by Gasteiger charge is 1.80. The Morgan fingerprint density at radius 2 is 2.00 bits per heavy atom. The number of rotatable bonds is 5. The van der Waals surface area contributed by atoms with E-state index in [1.165, 1.54) is 18.4 Å². The zero-order valence-corrected chi connectivity index (χ0v) is 8.69. The molecule has 0 amide bonds. The number of unbranched alkanes of at least 4 members (excludes halogenated alkanes) is 1. The van der Waals surface area contributed by atoms with E-state index in [2.05, 4.69) is 30.1 Å². The number of aliphatic imine (C=N–C) groups is 1. The number of benzene rings is 1. The quantitative estimate of drug-likeness (QED) is 0.493. The lowest BCUT2D eigenvalue weighted by Crippen LogP contribution is -1.78. The molecule has 1 heteroatoms. The van der Waals surface area contributed by atoms with E-state index in [1.807, 2.05) is 30.5 Å². The molecule has 0 spiro atoms. The lowest BCUT2D eigenvalue weighted by Gasteiger charge is -1.89. The normalized spacial score (nSPS) is 11.5. The van der Waals surface area contributed by atoms with E-state index in [0.29, 0.717) is 0 Å². The second kappa shape index (κ2) is 7.07. The van der Waals surface area contributed by atoms with Crippen LogP contribution in [0.4, 0.5) is 0 Å². The van der Waals surface area contributed by atoms with E-state index in [9.17, 15) is 0 Å². The molecule has 0 atom stereocenters. The van der Waals surface area contributed by atoms with Crippen LogP contribution in [0.5, 0.6) is 0 Å². The average molecular weight is 187 g/mol. The first-order valence-electron chi connectivity index (χ1n) is 5.15. The van der Waals surface area contributed by atoms with Gasteiger partial charge in [0.15, 0.2) is 0 Å². The van der Waals surface area contributed by atoms with E-state index in [1.54, 1.807) is 0 Å². The van der Waals surface area contributed by atoms with Crippen LogP contribution in [0.2, 0.25) is 0 Å². The third-order valence-electron chi connectivity index (χ3n) is 1.92. The molecule has 0 saturated heterocycles. The van der Waals surface area contributed by atoms with Crippen LogP contribution in [-0.2, 0) is 0 Å². The van der Waals surface area contributed by atoms with Gasteiger partial charge < -0.3 is 0 Å². The molecular weight excluding hydrogens is 170 g/mol. The minimum Gasteiger partial charge on any atom is -0.293 e. The molecule has 1 nitrogen and oxygen atoms in total. The summed E-state index contributed by atoms with van der Waals surface area (Å²) in [5.41, 5.74) is 1.22. The molecule has 0 heterocycles. The van der Waals surface area contributed by atoms with E-state index in [0.717, 1.165) is 6.54 Å². The Kier molecular flexibility index (Phi) is 5.41. The Balaban J connectivity index is 2.31. The number of hydrogen-bond acceptors (Lipinski definition) is 1. The molecule has 74 valence electrons. The van der Waals surface area contributed by atoms with Crippen LogP contribution >= 0.6 is 0 Å². The molecule has 1 rings (SSSR count). The highest BCUT2D eigenvalue weighted by Crippen LogP contribution is 1.99. The highest BCUT2D eigenvalue weighted by atomic mass is 14.7. The summed E-state index contributed by atoms with van der Waals surface area (Å²) in [6, 6.07) is 10.3. The second-order valence-electron chi connectivity index (χ2n) is 3.18. The van der Waals surface area contributed by atoms with Crippen molar-refractivity contribution in [2.45, 2.75) is 19.8 Å². The first kappa shape index (κ1) is 10.7. The summed E-state index contributed by atoms with van der Waals surface area (Å²) >= 11 is 0. The van der Waals surface area contributed by atoms with Gasteiger partial charge in [-0.3, -0.25) is 4.99 Å². The molecule has 0 bridgehead atoms. The molecule has 14 heavy (non-hydrogen) atoms. The van der Waals surface area contributed by atoms with Crippen LogP contribution in [-0.4, -0.2) is 12.8 Å². The number of allylic oxidation sites excluding steroid dienone is 1. The first-order valence-corrected chi connectivity index (χ1v) is 5.15. The summed E-state index contributed by atoms with van der Waals surface area (Å²) in [5.74, 6) is 0. The summed E-state index contributed by atoms with van der Waals surface area (Å²) in [5, 5.41) is 0. The van der Waals surface area contributed by atoms with Crippen molar-refractivity contribution in [3.8, 4) is 0 Å². The lowest BCUT2D eigenvalue weighted by molar-refractivity contribution is 0.810. The summed E-state index contributed by atoms with van der Waals surface area (Å²) in [6.45, 7) is 3.12. The molecule has 0 radical (unpaired) electrons. The van der Waals surface area contributed by atoms with Crippen molar-refractivity contribution in [3.05, 3.63) is 42.0 Å². The maximum Gasteiger partial charge on any atom is 0.0389 e. The van der Waals surface area contributed by atoms with Crippen molar-refractivity contribution in [3.63, 3.8) is 0 Å². The first-order chi connectivity index (χ1) is 6.93. The maximum absolute atomic E-state index is 4.26. The molecule has 0 aliphatic carbocycles. The van der Waals surface area contributed by atoms with Crippen molar-refractivity contribution in [1.29, 1.82) is 0 Å². The highest BCUT2D eigenvalue weighted by molar-refractivity contribution is 5.78. The molecule has 0 saturated carbocycles. The maximum atomic E-state index is 4.26. The van der Waals surface area contributed by atoms with Gasteiger partial charge in [0.2, 0.25) is 0 Å². The molecular formula is C13H17N. The standard InChI is InChI=1S/C13H17N/c1-2-3-11-14-12-7-10-13-8-5-4-6-9-13/h4-10,12H,2-3,11H2,1H3. The van der Waals surface area contributed by atoms with Gasteiger partial charge in [0.25, 0.3) is 0 Å². The second-order valence-corrected chi connectivity index (χ2v) is 3.18. The van der Waals surface area contributed by atoms with Crippen molar-refractivity contribution in [2.24, 2.45) is 4.99 Å². The zero-order chi connectivity index (χ0) is 10.1. The Bertz CT molecular complexity index is 285. The predicted octanol–water partition coefficient (Wildman–Crippen LogP) is 3.57. The summed E-state index contributed by atoms with van der Waals surface area (Å²) in [4.78, 5) is 4.26. The van der Waals surface area contributed by atoms with Crippen molar-refractivity contribution in [2.75, 3.05) is 6.54 Å². The average Bonchev–Trinajstić information content (AvgIpc) is 2.25. The topological polar surface area (TPSA) is 12.4 Å². The monoisotopic (exact) mass is 187 g/mol. The van der Waals surface area contributed by atoms with E-state index in [4.69, 9.17) is 0 Å². The Morgan fingerprint density at radius 1 is 1.21 bits per heavy atom. The van der Waals surface area contributed by atoms with Gasteiger partial charge in [-0.15, -0.1) is 0 Å². The Hall–Kier alpha value is -1.37. The lowest BCUT2D eigenvalue weighted by atomic mass is 10.2. The van der Waals surface area contributed by atoms with E-state index >= 15 is 0 Å². The van der Waals surface area contributed by atoms with Crippen molar-refractivity contribution >= 4 is 12.3 Å². The number of hydrogen-bond donors (Lipinski definition) is 0. The molecule has 1 aromatic rings. The largest absolute Gasteiger partial charge is 0.293 e. The van der Waals surface area contributed by atoms with Gasteiger partial charge in [0.1, 0.15) is 0 Å². The van der Waals surface area contributed by atoms with Crippen molar-refractivity contribution < 1.29 is 0 Å². The molecule has 0 N–H and O–H groups in total. The van der Waals surface area contributed by atoms with Gasteiger partial charge in [-0.25, -0.2) is 0 Å². The van der Waals surface area contributed by atoms with E-state index < -0.39 is 0 Å². The molecule has 0 unspecified atom stereocenters. The predicted molar refractivity (Wildman–Crippen MR) is 63.7 cm³/mol. The fraction of sp³-hybridized carbons (Fsp3) is 0.308. The summed E-state index contributed by atoms with van der Waals surface area (Å²) < 4.78 is 0. The minimum atomic E-state index is 0.940. The molecule has 0 fully saturated rings. The van der Waals surface area contributed by atoms with Gasteiger partial charge >= 0.3 is 0 Å². The van der Waals surface area contributed by atoms with Gasteiger partial charge in [0, 0.05) is 12.8 Å². The molecule has 0 aliphatic rings. The van der Waals surface area contributed by atoms with Crippen LogP contribution in [0, 0.1) is 0 Å². The Morgan fingerprint density at radius 3 is 2.71 bits per heavy atom. The van der Waals surface area contributed by atoms with Gasteiger partial charge in [0.05, 0.1) is 0 Å². The van der Waals surface area contributed by atoms with Gasteiger partial charge in [-0.05, 0) is 18.1 Å².